The molecule has 2 aliphatic carbocycles. The molecule has 0 radical (unpaired) electrons. The van der Waals surface area contributed by atoms with Gasteiger partial charge in [-0.15, -0.1) is 0 Å². The summed E-state index contributed by atoms with van der Waals surface area (Å²) in [5.41, 5.74) is 0.0174. The number of ether oxygens (including phenoxy) is 2. The molecule has 2 aliphatic rings. The summed E-state index contributed by atoms with van der Waals surface area (Å²) in [5, 5.41) is 22.1. The van der Waals surface area contributed by atoms with Gasteiger partial charge < -0.3 is 19.7 Å². The number of carbonyl (C=O) groups is 2. The molecule has 0 spiro atoms. The SMILES string of the molecule is Cc1ccc(S(=O)(=O)c2c(O)c(C(=O)OC3CCCCC3)cc(O)c2C(=O)OC2CCCCC2)c(C)c1. The number of aromatic hydroxyl groups is 2. The van der Waals surface area contributed by atoms with Crippen molar-refractivity contribution in [2.75, 3.05) is 0 Å². The van der Waals surface area contributed by atoms with Crippen molar-refractivity contribution < 1.29 is 37.7 Å². The van der Waals surface area contributed by atoms with E-state index in [4.69, 9.17) is 9.47 Å². The van der Waals surface area contributed by atoms with E-state index in [0.29, 0.717) is 31.2 Å². The highest BCUT2D eigenvalue weighted by Gasteiger charge is 2.37. The van der Waals surface area contributed by atoms with Crippen LogP contribution in [0.25, 0.3) is 0 Å². The molecular formula is C28H34O8S. The molecule has 0 bridgehead atoms. The van der Waals surface area contributed by atoms with E-state index in [0.717, 1.165) is 50.2 Å². The summed E-state index contributed by atoms with van der Waals surface area (Å²) in [5.74, 6) is -3.72. The molecule has 2 aromatic rings. The second-order valence-electron chi connectivity index (χ2n) is 10.1. The number of hydrogen-bond acceptors (Lipinski definition) is 8. The zero-order valence-corrected chi connectivity index (χ0v) is 22.1. The number of sulfone groups is 1. The van der Waals surface area contributed by atoms with Gasteiger partial charge in [-0.1, -0.05) is 30.5 Å². The highest BCUT2D eigenvalue weighted by Crippen LogP contribution is 2.42. The van der Waals surface area contributed by atoms with E-state index in [1.807, 2.05) is 6.92 Å². The van der Waals surface area contributed by atoms with Crippen LogP contribution in [-0.4, -0.2) is 42.8 Å². The summed E-state index contributed by atoms with van der Waals surface area (Å²) in [7, 11) is -4.56. The van der Waals surface area contributed by atoms with Crippen LogP contribution in [0.2, 0.25) is 0 Å². The van der Waals surface area contributed by atoms with Gasteiger partial charge in [0.25, 0.3) is 0 Å². The summed E-state index contributed by atoms with van der Waals surface area (Å²) < 4.78 is 38.9. The van der Waals surface area contributed by atoms with Gasteiger partial charge in [0, 0.05) is 0 Å². The van der Waals surface area contributed by atoms with Crippen LogP contribution in [0.3, 0.4) is 0 Å². The monoisotopic (exact) mass is 530 g/mol. The van der Waals surface area contributed by atoms with Gasteiger partial charge in [-0.3, -0.25) is 0 Å². The fraction of sp³-hybridized carbons (Fsp3) is 0.500. The zero-order valence-electron chi connectivity index (χ0n) is 21.3. The number of aryl methyl sites for hydroxylation is 2. The Morgan fingerprint density at radius 3 is 1.89 bits per heavy atom. The standard InChI is InChI=1S/C28H34O8S/c1-17-13-14-23(18(2)15-17)37(33,34)26-24(28(32)36-20-11-7-4-8-12-20)22(29)16-21(25(26)30)27(31)35-19-9-5-3-6-10-19/h13-16,19-20,29-30H,3-12H2,1-2H3. The van der Waals surface area contributed by atoms with Gasteiger partial charge in [-0.05, 0) is 82.9 Å². The quantitative estimate of drug-likeness (QED) is 0.369. The number of phenols is 2. The Morgan fingerprint density at radius 2 is 1.35 bits per heavy atom. The lowest BCUT2D eigenvalue weighted by atomic mass is 9.97. The Kier molecular flexibility index (Phi) is 8.11. The Balaban J connectivity index is 1.83. The summed E-state index contributed by atoms with van der Waals surface area (Å²) in [6.45, 7) is 3.40. The molecule has 8 nitrogen and oxygen atoms in total. The molecule has 4 rings (SSSR count). The van der Waals surface area contributed by atoms with Crippen molar-refractivity contribution in [2.24, 2.45) is 0 Å². The topological polar surface area (TPSA) is 127 Å². The molecule has 0 heterocycles. The first-order valence-electron chi connectivity index (χ1n) is 12.9. The fourth-order valence-corrected chi connectivity index (χ4v) is 7.02. The lowest BCUT2D eigenvalue weighted by molar-refractivity contribution is 0.0186. The molecule has 0 unspecified atom stereocenters. The van der Waals surface area contributed by atoms with Gasteiger partial charge in [-0.25, -0.2) is 18.0 Å². The van der Waals surface area contributed by atoms with Crippen molar-refractivity contribution in [1.82, 2.24) is 0 Å². The molecule has 2 saturated carbocycles. The Morgan fingerprint density at radius 1 is 0.811 bits per heavy atom. The van der Waals surface area contributed by atoms with E-state index >= 15 is 0 Å². The van der Waals surface area contributed by atoms with Crippen molar-refractivity contribution in [3.63, 3.8) is 0 Å². The first-order valence-corrected chi connectivity index (χ1v) is 14.4. The minimum absolute atomic E-state index is 0.155. The predicted molar refractivity (Wildman–Crippen MR) is 136 cm³/mol. The van der Waals surface area contributed by atoms with Crippen LogP contribution in [0.5, 0.6) is 11.5 Å². The molecule has 0 aromatic heterocycles. The number of esters is 2. The fourth-order valence-electron chi connectivity index (χ4n) is 5.25. The first kappa shape index (κ1) is 27.0. The molecule has 200 valence electrons. The average molecular weight is 531 g/mol. The molecule has 2 fully saturated rings. The Bertz CT molecular complexity index is 1290. The lowest BCUT2D eigenvalue weighted by Gasteiger charge is -2.24. The average Bonchev–Trinajstić information content (AvgIpc) is 2.85. The summed E-state index contributed by atoms with van der Waals surface area (Å²) >= 11 is 0. The minimum Gasteiger partial charge on any atom is -0.507 e. The van der Waals surface area contributed by atoms with Crippen LogP contribution < -0.4 is 0 Å². The number of hydrogen-bond donors (Lipinski definition) is 2. The third kappa shape index (κ3) is 5.76. The predicted octanol–water partition coefficient (Wildman–Crippen LogP) is 5.53. The third-order valence-corrected chi connectivity index (χ3v) is 9.17. The van der Waals surface area contributed by atoms with Crippen molar-refractivity contribution in [1.29, 1.82) is 0 Å². The second kappa shape index (κ2) is 11.1. The van der Waals surface area contributed by atoms with Gasteiger partial charge >= 0.3 is 11.9 Å². The molecule has 37 heavy (non-hydrogen) atoms. The summed E-state index contributed by atoms with van der Waals surface area (Å²) in [6, 6.07) is 5.52. The van der Waals surface area contributed by atoms with Crippen LogP contribution in [0.4, 0.5) is 0 Å². The maximum absolute atomic E-state index is 13.9. The maximum atomic E-state index is 13.9. The minimum atomic E-state index is -4.56. The number of benzene rings is 2. The van der Waals surface area contributed by atoms with Crippen LogP contribution in [-0.2, 0) is 19.3 Å². The maximum Gasteiger partial charge on any atom is 0.343 e. The van der Waals surface area contributed by atoms with Crippen LogP contribution in [0.15, 0.2) is 34.1 Å². The first-order chi connectivity index (χ1) is 17.6. The number of carbonyl (C=O) groups excluding carboxylic acids is 2. The molecule has 0 saturated heterocycles. The van der Waals surface area contributed by atoms with Crippen molar-refractivity contribution in [2.45, 2.75) is 100 Å². The van der Waals surface area contributed by atoms with Crippen molar-refractivity contribution >= 4 is 21.8 Å². The third-order valence-electron chi connectivity index (χ3n) is 7.20. The highest BCUT2D eigenvalue weighted by atomic mass is 32.2. The number of rotatable bonds is 6. The number of phenolic OH excluding ortho intramolecular Hbond substituents is 2. The smallest absolute Gasteiger partial charge is 0.343 e. The van der Waals surface area contributed by atoms with Crippen LogP contribution in [0, 0.1) is 13.8 Å². The van der Waals surface area contributed by atoms with Gasteiger partial charge in [0.2, 0.25) is 9.84 Å². The Hall–Kier alpha value is -3.07. The van der Waals surface area contributed by atoms with Crippen molar-refractivity contribution in [3.8, 4) is 11.5 Å². The molecule has 9 heteroatoms. The van der Waals surface area contributed by atoms with Crippen molar-refractivity contribution in [3.05, 3.63) is 46.5 Å². The molecule has 2 N–H and O–H groups in total. The van der Waals surface area contributed by atoms with Crippen LogP contribution in [0.1, 0.15) is 96.1 Å². The largest absolute Gasteiger partial charge is 0.507 e. The van der Waals surface area contributed by atoms with Crippen LogP contribution >= 0.6 is 0 Å². The summed E-state index contributed by atoms with van der Waals surface area (Å²) in [6.07, 6.45) is 7.39. The van der Waals surface area contributed by atoms with E-state index in [1.165, 1.54) is 6.07 Å². The van der Waals surface area contributed by atoms with Gasteiger partial charge in [0.05, 0.1) is 4.90 Å². The molecule has 0 atom stereocenters. The lowest BCUT2D eigenvalue weighted by Crippen LogP contribution is -2.24. The van der Waals surface area contributed by atoms with E-state index in [-0.39, 0.29) is 11.0 Å². The van der Waals surface area contributed by atoms with E-state index < -0.39 is 55.4 Å². The zero-order chi connectivity index (χ0) is 26.7. The normalized spacial score (nSPS) is 17.4. The summed E-state index contributed by atoms with van der Waals surface area (Å²) in [4.78, 5) is 25.2. The van der Waals surface area contributed by atoms with Gasteiger partial charge in [-0.2, -0.15) is 0 Å². The second-order valence-corrected chi connectivity index (χ2v) is 12.0. The molecule has 0 amide bonds. The molecule has 2 aromatic carbocycles. The van der Waals surface area contributed by atoms with E-state index in [2.05, 4.69) is 0 Å². The highest BCUT2D eigenvalue weighted by molar-refractivity contribution is 7.91. The van der Waals surface area contributed by atoms with Gasteiger partial charge in [0.15, 0.2) is 0 Å². The van der Waals surface area contributed by atoms with Gasteiger partial charge in [0.1, 0.15) is 39.7 Å². The molecular weight excluding hydrogens is 496 g/mol. The van der Waals surface area contributed by atoms with E-state index in [9.17, 15) is 28.2 Å². The molecule has 0 aliphatic heterocycles. The Labute approximate surface area is 217 Å². The van der Waals surface area contributed by atoms with E-state index in [1.54, 1.807) is 19.1 Å².